The van der Waals surface area contributed by atoms with E-state index in [1.54, 1.807) is 19.1 Å². The van der Waals surface area contributed by atoms with Crippen LogP contribution in [0.2, 0.25) is 0 Å². The van der Waals surface area contributed by atoms with Gasteiger partial charge in [-0.25, -0.2) is 9.37 Å². The summed E-state index contributed by atoms with van der Waals surface area (Å²) in [5.74, 6) is 0.660. The summed E-state index contributed by atoms with van der Waals surface area (Å²) < 4.78 is 18.9. The summed E-state index contributed by atoms with van der Waals surface area (Å²) in [5.41, 5.74) is 2.12. The summed E-state index contributed by atoms with van der Waals surface area (Å²) in [4.78, 5) is 4.48. The normalized spacial score (nSPS) is 11.5. The smallest absolute Gasteiger partial charge is 0.219 e. The van der Waals surface area contributed by atoms with Crippen molar-refractivity contribution in [1.82, 2.24) is 4.98 Å². The van der Waals surface area contributed by atoms with E-state index in [0.29, 0.717) is 17.2 Å². The Balaban J connectivity index is 2.39. The largest absolute Gasteiger partial charge is 0.439 e. The Morgan fingerprint density at radius 2 is 1.90 bits per heavy atom. The molecule has 0 fully saturated rings. The lowest BCUT2D eigenvalue weighted by Crippen LogP contribution is -2.14. The van der Waals surface area contributed by atoms with E-state index < -0.39 is 0 Å². The van der Waals surface area contributed by atoms with Crippen LogP contribution in [0.4, 0.5) is 4.39 Å². The van der Waals surface area contributed by atoms with Gasteiger partial charge in [0, 0.05) is 11.5 Å². The second-order valence-electron chi connectivity index (χ2n) is 6.12. The number of benzene rings is 1. The second kappa shape index (κ2) is 5.82. The molecule has 1 aromatic heterocycles. The number of aromatic nitrogens is 1. The van der Waals surface area contributed by atoms with Gasteiger partial charge in [-0.2, -0.15) is 0 Å². The average molecular weight is 289 g/mol. The van der Waals surface area contributed by atoms with Crippen LogP contribution in [-0.4, -0.2) is 10.1 Å². The minimum absolute atomic E-state index is 0.0790. The maximum Gasteiger partial charge on any atom is 0.219 e. The van der Waals surface area contributed by atoms with Crippen molar-refractivity contribution in [3.63, 3.8) is 0 Å². The fourth-order valence-electron chi connectivity index (χ4n) is 1.93. The van der Waals surface area contributed by atoms with Gasteiger partial charge < -0.3 is 9.84 Å². The highest BCUT2D eigenvalue weighted by molar-refractivity contribution is 5.37. The third kappa shape index (κ3) is 3.79. The molecule has 0 unspecified atom stereocenters. The van der Waals surface area contributed by atoms with Crippen molar-refractivity contribution in [2.75, 3.05) is 0 Å². The van der Waals surface area contributed by atoms with Gasteiger partial charge in [0.2, 0.25) is 5.88 Å². The predicted molar refractivity (Wildman–Crippen MR) is 80.1 cm³/mol. The van der Waals surface area contributed by atoms with Gasteiger partial charge in [-0.1, -0.05) is 20.8 Å². The van der Waals surface area contributed by atoms with Crippen LogP contribution in [0.25, 0.3) is 0 Å². The van der Waals surface area contributed by atoms with Crippen molar-refractivity contribution in [3.8, 4) is 11.6 Å². The second-order valence-corrected chi connectivity index (χ2v) is 6.12. The van der Waals surface area contributed by atoms with E-state index in [1.807, 2.05) is 26.8 Å². The highest BCUT2D eigenvalue weighted by Crippen LogP contribution is 2.28. The van der Waals surface area contributed by atoms with Gasteiger partial charge in [0.05, 0.1) is 12.3 Å². The van der Waals surface area contributed by atoms with Gasteiger partial charge in [0.1, 0.15) is 11.6 Å². The van der Waals surface area contributed by atoms with E-state index in [1.165, 1.54) is 12.1 Å². The van der Waals surface area contributed by atoms with Crippen LogP contribution in [0, 0.1) is 12.7 Å². The minimum atomic E-state index is -0.299. The molecule has 0 aliphatic rings. The van der Waals surface area contributed by atoms with Crippen molar-refractivity contribution in [3.05, 3.63) is 53.0 Å². The number of aryl methyl sites for hydroxylation is 1. The zero-order valence-electron chi connectivity index (χ0n) is 12.8. The van der Waals surface area contributed by atoms with Crippen molar-refractivity contribution >= 4 is 0 Å². The zero-order valence-corrected chi connectivity index (χ0v) is 12.8. The molecule has 1 aromatic carbocycles. The minimum Gasteiger partial charge on any atom is -0.439 e. The fourth-order valence-corrected chi connectivity index (χ4v) is 1.93. The van der Waals surface area contributed by atoms with E-state index in [9.17, 15) is 9.50 Å². The Hall–Kier alpha value is -1.94. The molecule has 0 radical (unpaired) electrons. The van der Waals surface area contributed by atoms with Crippen molar-refractivity contribution in [2.24, 2.45) is 0 Å². The van der Waals surface area contributed by atoms with E-state index in [-0.39, 0.29) is 17.8 Å². The molecule has 0 aliphatic heterocycles. The number of halogens is 1. The summed E-state index contributed by atoms with van der Waals surface area (Å²) in [6.45, 7) is 7.83. The fraction of sp³-hybridized carbons (Fsp3) is 0.353. The topological polar surface area (TPSA) is 42.4 Å². The molecule has 3 nitrogen and oxygen atoms in total. The Kier molecular flexibility index (Phi) is 4.28. The molecule has 0 spiro atoms. The standard InChI is InChI=1S/C17H20FNO2/c1-11-7-13(18)5-6-14(11)21-16-9-12(10-20)8-15(19-16)17(2,3)4/h5-9,20H,10H2,1-4H3. The molecule has 0 bridgehead atoms. The number of hydrogen-bond acceptors (Lipinski definition) is 3. The Morgan fingerprint density at radius 1 is 1.19 bits per heavy atom. The molecule has 0 atom stereocenters. The lowest BCUT2D eigenvalue weighted by Gasteiger charge is -2.19. The summed E-state index contributed by atoms with van der Waals surface area (Å²) in [7, 11) is 0. The Morgan fingerprint density at radius 3 is 2.48 bits per heavy atom. The number of hydrogen-bond donors (Lipinski definition) is 1. The maximum absolute atomic E-state index is 13.1. The number of ether oxygens (including phenoxy) is 1. The Labute approximate surface area is 124 Å². The number of aliphatic hydroxyl groups is 1. The number of rotatable bonds is 3. The number of nitrogens with zero attached hydrogens (tertiary/aromatic N) is 1. The predicted octanol–water partition coefficient (Wildman–Crippen LogP) is 4.11. The SMILES string of the molecule is Cc1cc(F)ccc1Oc1cc(CO)cc(C(C)(C)C)n1. The van der Waals surface area contributed by atoms with Crippen LogP contribution in [-0.2, 0) is 12.0 Å². The van der Waals surface area contributed by atoms with Gasteiger partial charge >= 0.3 is 0 Å². The highest BCUT2D eigenvalue weighted by Gasteiger charge is 2.18. The van der Waals surface area contributed by atoms with E-state index in [2.05, 4.69) is 4.98 Å². The van der Waals surface area contributed by atoms with Crippen LogP contribution in [0.1, 0.15) is 37.6 Å². The first kappa shape index (κ1) is 15.4. The Bertz CT molecular complexity index is 648. The molecule has 0 amide bonds. The summed E-state index contributed by atoms with van der Waals surface area (Å²) in [6, 6.07) is 7.90. The molecule has 2 aromatic rings. The lowest BCUT2D eigenvalue weighted by molar-refractivity contribution is 0.280. The van der Waals surface area contributed by atoms with Gasteiger partial charge in [0.15, 0.2) is 0 Å². The van der Waals surface area contributed by atoms with Crippen molar-refractivity contribution in [1.29, 1.82) is 0 Å². The van der Waals surface area contributed by atoms with Gasteiger partial charge in [-0.3, -0.25) is 0 Å². The van der Waals surface area contributed by atoms with Crippen molar-refractivity contribution in [2.45, 2.75) is 39.7 Å². The van der Waals surface area contributed by atoms with Gasteiger partial charge in [-0.15, -0.1) is 0 Å². The summed E-state index contributed by atoms with van der Waals surface area (Å²) >= 11 is 0. The number of aliphatic hydroxyl groups excluding tert-OH is 1. The van der Waals surface area contributed by atoms with Crippen LogP contribution in [0.3, 0.4) is 0 Å². The summed E-state index contributed by atoms with van der Waals surface area (Å²) in [6.07, 6.45) is 0. The molecular weight excluding hydrogens is 269 g/mol. The molecule has 1 N–H and O–H groups in total. The lowest BCUT2D eigenvalue weighted by atomic mass is 9.91. The first-order valence-corrected chi connectivity index (χ1v) is 6.86. The molecule has 0 saturated heterocycles. The number of pyridine rings is 1. The first-order chi connectivity index (χ1) is 9.79. The van der Waals surface area contributed by atoms with E-state index >= 15 is 0 Å². The molecule has 112 valence electrons. The third-order valence-electron chi connectivity index (χ3n) is 3.16. The monoisotopic (exact) mass is 289 g/mol. The first-order valence-electron chi connectivity index (χ1n) is 6.86. The zero-order chi connectivity index (χ0) is 15.6. The molecule has 4 heteroatoms. The average Bonchev–Trinajstić information content (AvgIpc) is 2.40. The molecule has 21 heavy (non-hydrogen) atoms. The van der Waals surface area contributed by atoms with Crippen LogP contribution in [0.5, 0.6) is 11.6 Å². The van der Waals surface area contributed by atoms with Crippen molar-refractivity contribution < 1.29 is 14.2 Å². The van der Waals surface area contributed by atoms with Crippen LogP contribution in [0.15, 0.2) is 30.3 Å². The quantitative estimate of drug-likeness (QED) is 0.924. The maximum atomic E-state index is 13.1. The molecular formula is C17H20FNO2. The molecule has 2 rings (SSSR count). The highest BCUT2D eigenvalue weighted by atomic mass is 19.1. The van der Waals surface area contributed by atoms with Crippen LogP contribution >= 0.6 is 0 Å². The molecule has 0 saturated carbocycles. The van der Waals surface area contributed by atoms with Crippen LogP contribution < -0.4 is 4.74 Å². The van der Waals surface area contributed by atoms with Gasteiger partial charge in [-0.05, 0) is 42.3 Å². The van der Waals surface area contributed by atoms with E-state index in [0.717, 1.165) is 11.3 Å². The molecule has 1 heterocycles. The molecule has 0 aliphatic carbocycles. The third-order valence-corrected chi connectivity index (χ3v) is 3.16. The summed E-state index contributed by atoms with van der Waals surface area (Å²) in [5, 5.41) is 9.38. The van der Waals surface area contributed by atoms with Gasteiger partial charge in [0.25, 0.3) is 0 Å². The van der Waals surface area contributed by atoms with E-state index in [4.69, 9.17) is 4.74 Å².